The van der Waals surface area contributed by atoms with Gasteiger partial charge in [0.1, 0.15) is 0 Å². The van der Waals surface area contributed by atoms with Gasteiger partial charge in [-0.05, 0) is 37.3 Å². The summed E-state index contributed by atoms with van der Waals surface area (Å²) in [7, 11) is 1.63. The lowest BCUT2D eigenvalue weighted by Gasteiger charge is -2.25. The van der Waals surface area contributed by atoms with E-state index in [1.165, 1.54) is 11.1 Å². The maximum Gasteiger partial charge on any atom is 0.226 e. The Hall–Kier alpha value is -2.10. The Bertz CT molecular complexity index is 612. The van der Waals surface area contributed by atoms with Gasteiger partial charge in [0.2, 0.25) is 11.8 Å². The molecule has 104 valence electrons. The number of anilines is 1. The number of nitrogens with zero attached hydrogens (tertiary/aromatic N) is 2. The second-order valence-electron chi connectivity index (χ2n) is 5.23. The molecule has 0 bridgehead atoms. The number of fused-ring (bicyclic) bond motifs is 1. The highest BCUT2D eigenvalue weighted by Crippen LogP contribution is 2.23. The molecule has 0 saturated carbocycles. The number of aryl methyl sites for hydroxylation is 2. The van der Waals surface area contributed by atoms with Crippen LogP contribution in [0.25, 0.3) is 0 Å². The standard InChI is InChI=1S/C16H19N3O/c1-11-9-15(20-2)19-16(17-11)18-14-8-7-12-5-3-4-6-13(12)10-14/h3-6,9,14H,7-8,10H2,1-2H3,(H,17,18,19). The van der Waals surface area contributed by atoms with E-state index in [2.05, 4.69) is 39.6 Å². The third kappa shape index (κ3) is 2.74. The third-order valence-corrected chi connectivity index (χ3v) is 3.72. The van der Waals surface area contributed by atoms with Crippen molar-refractivity contribution in [3.8, 4) is 5.88 Å². The van der Waals surface area contributed by atoms with E-state index in [1.54, 1.807) is 7.11 Å². The van der Waals surface area contributed by atoms with Gasteiger partial charge in [-0.2, -0.15) is 4.98 Å². The number of ether oxygens (including phenoxy) is 1. The van der Waals surface area contributed by atoms with Crippen LogP contribution in [0, 0.1) is 6.92 Å². The summed E-state index contributed by atoms with van der Waals surface area (Å²) in [6, 6.07) is 10.9. The molecule has 0 amide bonds. The van der Waals surface area contributed by atoms with E-state index in [-0.39, 0.29) is 0 Å². The van der Waals surface area contributed by atoms with Crippen molar-refractivity contribution >= 4 is 5.95 Å². The van der Waals surface area contributed by atoms with E-state index in [9.17, 15) is 0 Å². The van der Waals surface area contributed by atoms with Crippen LogP contribution >= 0.6 is 0 Å². The molecule has 3 rings (SSSR count). The van der Waals surface area contributed by atoms with Gasteiger partial charge >= 0.3 is 0 Å². The SMILES string of the molecule is COc1cc(C)nc(NC2CCc3ccccc3C2)n1. The van der Waals surface area contributed by atoms with Crippen LogP contribution < -0.4 is 10.1 Å². The molecule has 0 fully saturated rings. The molecule has 0 spiro atoms. The first-order valence-corrected chi connectivity index (χ1v) is 6.97. The third-order valence-electron chi connectivity index (χ3n) is 3.72. The molecular formula is C16H19N3O. The largest absolute Gasteiger partial charge is 0.481 e. The number of nitrogens with one attached hydrogen (secondary N) is 1. The van der Waals surface area contributed by atoms with Crippen LogP contribution in [0.1, 0.15) is 23.2 Å². The molecule has 1 N–H and O–H groups in total. The monoisotopic (exact) mass is 269 g/mol. The fourth-order valence-electron chi connectivity index (χ4n) is 2.71. The van der Waals surface area contributed by atoms with Crippen molar-refractivity contribution in [2.24, 2.45) is 0 Å². The van der Waals surface area contributed by atoms with E-state index in [1.807, 2.05) is 13.0 Å². The maximum atomic E-state index is 5.19. The van der Waals surface area contributed by atoms with Crippen LogP contribution in [-0.2, 0) is 12.8 Å². The van der Waals surface area contributed by atoms with Crippen LogP contribution in [-0.4, -0.2) is 23.1 Å². The minimum atomic E-state index is 0.386. The molecule has 20 heavy (non-hydrogen) atoms. The van der Waals surface area contributed by atoms with Gasteiger partial charge in [0.25, 0.3) is 0 Å². The summed E-state index contributed by atoms with van der Waals surface area (Å²) in [4.78, 5) is 8.79. The molecule has 1 aromatic heterocycles. The first-order chi connectivity index (χ1) is 9.74. The Morgan fingerprint density at radius 3 is 2.80 bits per heavy atom. The maximum absolute atomic E-state index is 5.19. The molecule has 0 radical (unpaired) electrons. The highest BCUT2D eigenvalue weighted by atomic mass is 16.5. The average Bonchev–Trinajstić information content (AvgIpc) is 2.46. The van der Waals surface area contributed by atoms with Gasteiger partial charge in [-0.3, -0.25) is 0 Å². The summed E-state index contributed by atoms with van der Waals surface area (Å²) in [5.41, 5.74) is 3.81. The molecular weight excluding hydrogens is 250 g/mol. The molecule has 1 aliphatic carbocycles. The van der Waals surface area contributed by atoms with Crippen LogP contribution in [0.5, 0.6) is 5.88 Å². The van der Waals surface area contributed by atoms with Crippen molar-refractivity contribution in [2.75, 3.05) is 12.4 Å². The Labute approximate surface area is 119 Å². The number of hydrogen-bond acceptors (Lipinski definition) is 4. The highest BCUT2D eigenvalue weighted by molar-refractivity contribution is 5.36. The van der Waals surface area contributed by atoms with Crippen molar-refractivity contribution in [1.29, 1.82) is 0 Å². The summed E-state index contributed by atoms with van der Waals surface area (Å²) in [6.07, 6.45) is 3.24. The fraction of sp³-hybridized carbons (Fsp3) is 0.375. The normalized spacial score (nSPS) is 17.4. The number of hydrogen-bond donors (Lipinski definition) is 1. The first-order valence-electron chi connectivity index (χ1n) is 6.97. The van der Waals surface area contributed by atoms with E-state index in [0.29, 0.717) is 17.9 Å². The van der Waals surface area contributed by atoms with Gasteiger partial charge in [-0.15, -0.1) is 0 Å². The zero-order valence-electron chi connectivity index (χ0n) is 11.9. The molecule has 1 unspecified atom stereocenters. The zero-order chi connectivity index (χ0) is 13.9. The van der Waals surface area contributed by atoms with E-state index in [0.717, 1.165) is 25.0 Å². The highest BCUT2D eigenvalue weighted by Gasteiger charge is 2.19. The van der Waals surface area contributed by atoms with Crippen LogP contribution in [0.4, 0.5) is 5.95 Å². The van der Waals surface area contributed by atoms with E-state index >= 15 is 0 Å². The Morgan fingerprint density at radius 2 is 2.00 bits per heavy atom. The number of benzene rings is 1. The lowest BCUT2D eigenvalue weighted by Crippen LogP contribution is -2.28. The van der Waals surface area contributed by atoms with Gasteiger partial charge in [-0.1, -0.05) is 24.3 Å². The number of methoxy groups -OCH3 is 1. The van der Waals surface area contributed by atoms with Crippen molar-refractivity contribution in [1.82, 2.24) is 9.97 Å². The smallest absolute Gasteiger partial charge is 0.226 e. The Kier molecular flexibility index (Phi) is 3.54. The Morgan fingerprint density at radius 1 is 1.20 bits per heavy atom. The lowest BCUT2D eigenvalue weighted by atomic mass is 9.88. The molecule has 4 heteroatoms. The van der Waals surface area contributed by atoms with Gasteiger partial charge in [-0.25, -0.2) is 4.98 Å². The van der Waals surface area contributed by atoms with E-state index in [4.69, 9.17) is 4.74 Å². The zero-order valence-corrected chi connectivity index (χ0v) is 11.9. The van der Waals surface area contributed by atoms with Crippen molar-refractivity contribution in [3.05, 3.63) is 47.2 Å². The van der Waals surface area contributed by atoms with Gasteiger partial charge in [0, 0.05) is 17.8 Å². The van der Waals surface area contributed by atoms with Crippen molar-refractivity contribution in [2.45, 2.75) is 32.2 Å². The lowest BCUT2D eigenvalue weighted by molar-refractivity contribution is 0.396. The van der Waals surface area contributed by atoms with Gasteiger partial charge in [0.15, 0.2) is 0 Å². The predicted octanol–water partition coefficient (Wildman–Crippen LogP) is 2.76. The molecule has 1 aromatic carbocycles. The van der Waals surface area contributed by atoms with E-state index < -0.39 is 0 Å². The first kappa shape index (κ1) is 12.9. The van der Waals surface area contributed by atoms with Crippen LogP contribution in [0.15, 0.2) is 30.3 Å². The molecule has 0 saturated heterocycles. The molecule has 2 aromatic rings. The predicted molar refractivity (Wildman–Crippen MR) is 79.2 cm³/mol. The quantitative estimate of drug-likeness (QED) is 0.930. The summed E-state index contributed by atoms with van der Waals surface area (Å²) in [6.45, 7) is 1.95. The molecule has 1 heterocycles. The summed E-state index contributed by atoms with van der Waals surface area (Å²) >= 11 is 0. The molecule has 1 aliphatic rings. The van der Waals surface area contributed by atoms with Crippen LogP contribution in [0.3, 0.4) is 0 Å². The second-order valence-corrected chi connectivity index (χ2v) is 5.23. The number of aromatic nitrogens is 2. The van der Waals surface area contributed by atoms with Crippen molar-refractivity contribution < 1.29 is 4.74 Å². The summed E-state index contributed by atoms with van der Waals surface area (Å²) < 4.78 is 5.19. The molecule has 4 nitrogen and oxygen atoms in total. The van der Waals surface area contributed by atoms with Crippen LogP contribution in [0.2, 0.25) is 0 Å². The molecule has 0 aliphatic heterocycles. The van der Waals surface area contributed by atoms with Gasteiger partial charge < -0.3 is 10.1 Å². The second kappa shape index (κ2) is 5.49. The topological polar surface area (TPSA) is 47.0 Å². The summed E-state index contributed by atoms with van der Waals surface area (Å²) in [5.74, 6) is 1.27. The average molecular weight is 269 g/mol. The Balaban J connectivity index is 1.75. The minimum absolute atomic E-state index is 0.386. The van der Waals surface area contributed by atoms with Gasteiger partial charge in [0.05, 0.1) is 7.11 Å². The fourth-order valence-corrected chi connectivity index (χ4v) is 2.71. The molecule has 1 atom stereocenters. The summed E-state index contributed by atoms with van der Waals surface area (Å²) in [5, 5.41) is 3.44. The number of rotatable bonds is 3. The van der Waals surface area contributed by atoms with Crippen molar-refractivity contribution in [3.63, 3.8) is 0 Å². The minimum Gasteiger partial charge on any atom is -0.481 e.